The van der Waals surface area contributed by atoms with Crippen LogP contribution in [0.1, 0.15) is 58.9 Å². The maximum absolute atomic E-state index is 14.8. The summed E-state index contributed by atoms with van der Waals surface area (Å²) in [5, 5.41) is 9.24. The fourth-order valence-corrected chi connectivity index (χ4v) is 7.09. The Morgan fingerprint density at radius 3 is 2.29 bits per heavy atom. The summed E-state index contributed by atoms with van der Waals surface area (Å²) in [6, 6.07) is 16.0. The first-order valence-corrected chi connectivity index (χ1v) is 14.4. The highest BCUT2D eigenvalue weighted by molar-refractivity contribution is 5.88. The van der Waals surface area contributed by atoms with Gasteiger partial charge >= 0.3 is 12.2 Å². The van der Waals surface area contributed by atoms with Gasteiger partial charge in [0.25, 0.3) is 0 Å². The Kier molecular flexibility index (Phi) is 7.79. The summed E-state index contributed by atoms with van der Waals surface area (Å²) in [5.41, 5.74) is 8.50. The topological polar surface area (TPSA) is 83.0 Å². The van der Waals surface area contributed by atoms with E-state index in [0.717, 1.165) is 78.1 Å². The van der Waals surface area contributed by atoms with Crippen LogP contribution in [0.2, 0.25) is 0 Å². The number of fused-ring (bicyclic) bond motifs is 1. The Labute approximate surface area is 242 Å². The Bertz CT molecular complexity index is 1460. The molecular formula is C33H41N4O4+. The lowest BCUT2D eigenvalue weighted by atomic mass is 9.95. The summed E-state index contributed by atoms with van der Waals surface area (Å²) in [6.45, 7) is 9.86. The molecule has 2 aromatic carbocycles. The molecule has 1 aliphatic carbocycles. The minimum Gasteiger partial charge on any atom is -0.449 e. The molecule has 2 heterocycles. The largest absolute Gasteiger partial charge is 0.511 e. The van der Waals surface area contributed by atoms with Crippen molar-refractivity contribution >= 4 is 23.6 Å². The van der Waals surface area contributed by atoms with Crippen molar-refractivity contribution in [1.29, 1.82) is 0 Å². The molecule has 5 rings (SSSR count). The first kappa shape index (κ1) is 28.6. The van der Waals surface area contributed by atoms with Gasteiger partial charge in [-0.05, 0) is 75.6 Å². The third-order valence-corrected chi connectivity index (χ3v) is 9.08. The third-order valence-electron chi connectivity index (χ3n) is 9.08. The van der Waals surface area contributed by atoms with Gasteiger partial charge in [0.15, 0.2) is 0 Å². The summed E-state index contributed by atoms with van der Waals surface area (Å²) in [7, 11) is 3.97. The van der Waals surface area contributed by atoms with Gasteiger partial charge in [0, 0.05) is 62.0 Å². The normalized spacial score (nSPS) is 18.5. The van der Waals surface area contributed by atoms with Crippen LogP contribution >= 0.6 is 0 Å². The number of aromatic nitrogens is 1. The van der Waals surface area contributed by atoms with Crippen LogP contribution in [0.3, 0.4) is 0 Å². The van der Waals surface area contributed by atoms with E-state index in [4.69, 9.17) is 4.74 Å². The number of anilines is 2. The second kappa shape index (κ2) is 11.2. The predicted molar refractivity (Wildman–Crippen MR) is 161 cm³/mol. The molecule has 41 heavy (non-hydrogen) atoms. The van der Waals surface area contributed by atoms with E-state index in [-0.39, 0.29) is 22.6 Å². The highest BCUT2D eigenvalue weighted by Gasteiger charge is 2.52. The molecule has 1 aromatic heterocycles. The van der Waals surface area contributed by atoms with Crippen molar-refractivity contribution in [1.82, 2.24) is 4.98 Å². The number of carbonyl (C=O) groups excluding carboxylic acids is 1. The first-order chi connectivity index (χ1) is 19.5. The summed E-state index contributed by atoms with van der Waals surface area (Å²) in [5.74, 6) is 0.295. The minimum absolute atomic E-state index is 0.0495. The van der Waals surface area contributed by atoms with Gasteiger partial charge in [-0.3, -0.25) is 9.88 Å². The number of quaternary nitrogens is 1. The second-order valence-electron chi connectivity index (χ2n) is 11.9. The average molecular weight is 558 g/mol. The zero-order valence-electron chi connectivity index (χ0n) is 25.0. The van der Waals surface area contributed by atoms with E-state index in [1.165, 1.54) is 5.69 Å². The maximum atomic E-state index is 14.8. The molecule has 2 amide bonds. The number of carbonyl (C=O) groups is 2. The van der Waals surface area contributed by atoms with Gasteiger partial charge in [-0.1, -0.05) is 23.8 Å². The van der Waals surface area contributed by atoms with Gasteiger partial charge in [-0.25, -0.2) is 14.1 Å². The van der Waals surface area contributed by atoms with Crippen molar-refractivity contribution in [3.63, 3.8) is 0 Å². The number of ether oxygens (including phenoxy) is 1. The quantitative estimate of drug-likeness (QED) is 0.213. The number of piperidine rings is 1. The van der Waals surface area contributed by atoms with Crippen LogP contribution in [0.4, 0.5) is 21.0 Å². The molecule has 1 saturated heterocycles. The molecule has 0 spiro atoms. The monoisotopic (exact) mass is 557 g/mol. The lowest BCUT2D eigenvalue weighted by Gasteiger charge is -2.48. The average Bonchev–Trinajstić information content (AvgIpc) is 3.35. The molecule has 2 aliphatic rings. The van der Waals surface area contributed by atoms with Crippen molar-refractivity contribution < 1.29 is 23.9 Å². The summed E-state index contributed by atoms with van der Waals surface area (Å²) in [4.78, 5) is 34.8. The van der Waals surface area contributed by atoms with Crippen LogP contribution in [0.15, 0.2) is 48.5 Å². The number of carboxylic acid groups (broad SMARTS) is 1. The number of amides is 2. The van der Waals surface area contributed by atoms with Crippen LogP contribution < -0.4 is 14.5 Å². The van der Waals surface area contributed by atoms with Gasteiger partial charge in [0.2, 0.25) is 0 Å². The standard InChI is InChI=1S/C33H40N4O4/c1-21-7-11-30(22(2)17-21)35(5)32(38)37(6,31-12-9-25-8-10-28(20-29(25)31)41-33(39)40)27-13-15-36(16-14-27)26-18-23(3)34-24(4)19-26/h7-8,10-11,17-20,27,31H,9,12-16H2,1-6H3/p+1. The number of hydrogen-bond acceptors (Lipinski definition) is 5. The number of urea groups is 1. The fraction of sp³-hybridized carbons (Fsp3) is 0.424. The van der Waals surface area contributed by atoms with Crippen molar-refractivity contribution in [3.8, 4) is 5.75 Å². The third kappa shape index (κ3) is 5.53. The van der Waals surface area contributed by atoms with Crippen molar-refractivity contribution in [2.45, 2.75) is 65.5 Å². The lowest BCUT2D eigenvalue weighted by Crippen LogP contribution is -2.64. The molecule has 0 radical (unpaired) electrons. The van der Waals surface area contributed by atoms with Gasteiger partial charge in [0.05, 0.1) is 12.7 Å². The Balaban J connectivity index is 1.51. The van der Waals surface area contributed by atoms with E-state index in [0.29, 0.717) is 5.75 Å². The molecule has 216 valence electrons. The van der Waals surface area contributed by atoms with Gasteiger partial charge in [-0.15, -0.1) is 0 Å². The van der Waals surface area contributed by atoms with Crippen molar-refractivity contribution in [3.05, 3.63) is 82.2 Å². The van der Waals surface area contributed by atoms with Crippen molar-refractivity contribution in [2.75, 3.05) is 37.0 Å². The van der Waals surface area contributed by atoms with E-state index in [1.807, 2.05) is 57.0 Å². The van der Waals surface area contributed by atoms with E-state index in [9.17, 15) is 14.7 Å². The molecule has 1 N–H and O–H groups in total. The summed E-state index contributed by atoms with van der Waals surface area (Å²) >= 11 is 0. The van der Waals surface area contributed by atoms with E-state index in [2.05, 4.69) is 42.1 Å². The number of rotatable bonds is 5. The Hall–Kier alpha value is -3.91. The maximum Gasteiger partial charge on any atom is 0.511 e. The molecule has 0 saturated carbocycles. The highest BCUT2D eigenvalue weighted by Crippen LogP contribution is 2.45. The smallest absolute Gasteiger partial charge is 0.449 e. The summed E-state index contributed by atoms with van der Waals surface area (Å²) < 4.78 is 5.27. The Morgan fingerprint density at radius 1 is 0.976 bits per heavy atom. The van der Waals surface area contributed by atoms with Crippen LogP contribution in [-0.2, 0) is 6.42 Å². The van der Waals surface area contributed by atoms with Crippen LogP contribution in [0, 0.1) is 27.7 Å². The fourth-order valence-electron chi connectivity index (χ4n) is 7.09. The molecule has 3 aromatic rings. The molecule has 8 heteroatoms. The predicted octanol–water partition coefficient (Wildman–Crippen LogP) is 6.73. The van der Waals surface area contributed by atoms with Crippen LogP contribution in [-0.4, -0.2) is 60.0 Å². The minimum atomic E-state index is -1.34. The molecule has 2 unspecified atom stereocenters. The number of benzene rings is 2. The van der Waals surface area contributed by atoms with E-state index >= 15 is 0 Å². The molecule has 1 fully saturated rings. The molecule has 2 atom stereocenters. The zero-order chi connectivity index (χ0) is 29.5. The van der Waals surface area contributed by atoms with Gasteiger partial charge in [-0.2, -0.15) is 0 Å². The SMILES string of the molecule is Cc1ccc(N(C)C(=O)[N+](C)(C2CCN(c3cc(C)nc(C)c3)CC2)C2CCc3ccc(OC(=O)O)cc32)c(C)c1. The lowest BCUT2D eigenvalue weighted by molar-refractivity contribution is -0.887. The number of aryl methyl sites for hydroxylation is 5. The molecule has 1 aliphatic heterocycles. The van der Waals surface area contributed by atoms with Crippen molar-refractivity contribution in [2.24, 2.45) is 0 Å². The summed E-state index contributed by atoms with van der Waals surface area (Å²) in [6.07, 6.45) is 2.05. The van der Waals surface area contributed by atoms with Gasteiger partial charge in [0.1, 0.15) is 17.8 Å². The number of hydrogen-bond donors (Lipinski definition) is 1. The van der Waals surface area contributed by atoms with Gasteiger partial charge < -0.3 is 14.7 Å². The molecule has 0 bridgehead atoms. The van der Waals surface area contributed by atoms with E-state index < -0.39 is 6.16 Å². The zero-order valence-corrected chi connectivity index (χ0v) is 25.0. The number of nitrogens with zero attached hydrogens (tertiary/aromatic N) is 4. The Morgan fingerprint density at radius 2 is 1.66 bits per heavy atom. The highest BCUT2D eigenvalue weighted by atomic mass is 16.7. The molecular weight excluding hydrogens is 516 g/mol. The van der Waals surface area contributed by atoms with E-state index in [1.54, 1.807) is 6.07 Å². The van der Waals surface area contributed by atoms with Crippen LogP contribution in [0.25, 0.3) is 0 Å². The molecule has 8 nitrogen and oxygen atoms in total. The first-order valence-electron chi connectivity index (χ1n) is 14.4. The van der Waals surface area contributed by atoms with Crippen LogP contribution in [0.5, 0.6) is 5.75 Å². The number of pyridine rings is 1. The second-order valence-corrected chi connectivity index (χ2v) is 11.9.